The predicted octanol–water partition coefficient (Wildman–Crippen LogP) is 5.66. The van der Waals surface area contributed by atoms with Crippen LogP contribution in [-0.4, -0.2) is 30.7 Å². The maximum absolute atomic E-state index is 12.4. The Hall–Kier alpha value is -4.26. The Bertz CT molecular complexity index is 1340. The highest BCUT2D eigenvalue weighted by Gasteiger charge is 2.16. The van der Waals surface area contributed by atoms with Gasteiger partial charge in [-0.15, -0.1) is 0 Å². The molecule has 0 amide bonds. The molecule has 4 rings (SSSR count). The normalized spacial score (nSPS) is 15.4. The summed E-state index contributed by atoms with van der Waals surface area (Å²) in [4.78, 5) is 17.0. The van der Waals surface area contributed by atoms with Gasteiger partial charge in [-0.05, 0) is 56.0 Å². The second-order valence-electron chi connectivity index (χ2n) is 9.66. The van der Waals surface area contributed by atoms with Crippen molar-refractivity contribution in [3.63, 3.8) is 0 Å². The number of nitrogens with one attached hydrogen (secondary N) is 1. The highest BCUT2D eigenvalue weighted by atomic mass is 16.5. The second-order valence-corrected chi connectivity index (χ2v) is 9.66. The van der Waals surface area contributed by atoms with Gasteiger partial charge in [0.15, 0.2) is 0 Å². The van der Waals surface area contributed by atoms with Crippen LogP contribution in [0, 0.1) is 12.8 Å². The van der Waals surface area contributed by atoms with Gasteiger partial charge in [0.1, 0.15) is 17.2 Å². The molecule has 3 N–H and O–H groups in total. The van der Waals surface area contributed by atoms with E-state index in [1.54, 1.807) is 6.92 Å². The highest BCUT2D eigenvalue weighted by Crippen LogP contribution is 2.23. The zero-order valence-corrected chi connectivity index (χ0v) is 22.9. The van der Waals surface area contributed by atoms with E-state index in [1.807, 2.05) is 61.5 Å². The maximum Gasteiger partial charge on any atom is 0.355 e. The Morgan fingerprint density at radius 3 is 2.64 bits per heavy atom. The third-order valence-corrected chi connectivity index (χ3v) is 6.53. The molecule has 1 heterocycles. The number of nitrogens with two attached hydrogens (primary N) is 1. The maximum atomic E-state index is 12.4. The third kappa shape index (κ3) is 7.87. The topological polar surface area (TPSA) is 99.6 Å². The number of aryl methyl sites for hydroxylation is 1. The Balaban J connectivity index is 1.35. The summed E-state index contributed by atoms with van der Waals surface area (Å²) < 4.78 is 17.0. The van der Waals surface area contributed by atoms with Crippen LogP contribution < -0.4 is 15.8 Å². The first kappa shape index (κ1) is 27.8. The van der Waals surface area contributed by atoms with Crippen molar-refractivity contribution in [2.45, 2.75) is 40.0 Å². The molecule has 7 heteroatoms. The molecule has 3 aromatic rings. The average molecular weight is 528 g/mol. The van der Waals surface area contributed by atoms with Gasteiger partial charge in [0.05, 0.1) is 18.9 Å². The van der Waals surface area contributed by atoms with Crippen LogP contribution in [0.3, 0.4) is 0 Å². The van der Waals surface area contributed by atoms with Crippen LogP contribution in [0.5, 0.6) is 5.75 Å². The second kappa shape index (κ2) is 13.5. The molecular formula is C32H37N3O4. The number of allylic oxidation sites excluding steroid dienone is 4. The van der Waals surface area contributed by atoms with Crippen LogP contribution in [0.4, 0.5) is 0 Å². The Labute approximate surface area is 230 Å². The van der Waals surface area contributed by atoms with Gasteiger partial charge in [-0.25, -0.2) is 9.78 Å². The molecule has 7 nitrogen and oxygen atoms in total. The fourth-order valence-electron chi connectivity index (χ4n) is 4.40. The zero-order valence-electron chi connectivity index (χ0n) is 22.9. The van der Waals surface area contributed by atoms with Gasteiger partial charge in [-0.1, -0.05) is 61.1 Å². The number of hydrogen-bond donors (Lipinski definition) is 2. The smallest absolute Gasteiger partial charge is 0.355 e. The van der Waals surface area contributed by atoms with Crippen molar-refractivity contribution in [1.29, 1.82) is 0 Å². The first-order valence-electron chi connectivity index (χ1n) is 13.4. The minimum Gasteiger partial charge on any atom is -0.493 e. The van der Waals surface area contributed by atoms with Crippen LogP contribution in [0.2, 0.25) is 0 Å². The number of carbonyl (C=O) groups is 1. The number of carbonyl (C=O) groups excluding carboxylic acids is 1. The predicted molar refractivity (Wildman–Crippen MR) is 153 cm³/mol. The fourth-order valence-corrected chi connectivity index (χ4v) is 4.40. The minimum absolute atomic E-state index is 0.107. The molecule has 1 aromatic heterocycles. The molecule has 0 saturated carbocycles. The van der Waals surface area contributed by atoms with E-state index >= 15 is 0 Å². The Morgan fingerprint density at radius 1 is 1.15 bits per heavy atom. The first-order chi connectivity index (χ1) is 18.9. The summed E-state index contributed by atoms with van der Waals surface area (Å²) in [6, 6.07) is 17.7. The molecule has 0 spiro atoms. The molecule has 204 valence electrons. The number of nitrogens with zero attached hydrogens (tertiary/aromatic N) is 1. The number of aromatic nitrogens is 1. The summed E-state index contributed by atoms with van der Waals surface area (Å²) in [7, 11) is 0. The lowest BCUT2D eigenvalue weighted by atomic mass is 9.96. The molecule has 0 bridgehead atoms. The van der Waals surface area contributed by atoms with Gasteiger partial charge in [0, 0.05) is 30.6 Å². The number of hydrogen-bond acceptors (Lipinski definition) is 7. The summed E-state index contributed by atoms with van der Waals surface area (Å²) in [5.41, 5.74) is 11.1. The lowest BCUT2D eigenvalue weighted by Crippen LogP contribution is -2.27. The van der Waals surface area contributed by atoms with Crippen molar-refractivity contribution in [3.8, 4) is 17.2 Å². The number of ether oxygens (including phenoxy) is 2. The van der Waals surface area contributed by atoms with Crippen molar-refractivity contribution in [2.24, 2.45) is 11.7 Å². The van der Waals surface area contributed by atoms with E-state index in [2.05, 4.69) is 35.5 Å². The van der Waals surface area contributed by atoms with Crippen molar-refractivity contribution in [2.75, 3.05) is 19.8 Å². The molecule has 0 aliphatic heterocycles. The molecular weight excluding hydrogens is 490 g/mol. The van der Waals surface area contributed by atoms with Crippen molar-refractivity contribution >= 4 is 5.97 Å². The average Bonchev–Trinajstić information content (AvgIpc) is 3.32. The summed E-state index contributed by atoms with van der Waals surface area (Å²) in [6.07, 6.45) is 8.47. The number of oxazole rings is 1. The van der Waals surface area contributed by atoms with E-state index in [9.17, 15) is 4.79 Å². The van der Waals surface area contributed by atoms with Crippen LogP contribution in [0.15, 0.2) is 94.2 Å². The Morgan fingerprint density at radius 2 is 1.92 bits per heavy atom. The first-order valence-corrected chi connectivity index (χ1v) is 13.4. The molecule has 0 radical (unpaired) electrons. The van der Waals surface area contributed by atoms with Gasteiger partial charge in [-0.2, -0.15) is 0 Å². The molecule has 1 atom stereocenters. The van der Waals surface area contributed by atoms with Crippen molar-refractivity contribution in [1.82, 2.24) is 10.3 Å². The highest BCUT2D eigenvalue weighted by molar-refractivity contribution is 5.88. The summed E-state index contributed by atoms with van der Waals surface area (Å²) in [6.45, 7) is 7.25. The monoisotopic (exact) mass is 527 g/mol. The largest absolute Gasteiger partial charge is 0.493 e. The summed E-state index contributed by atoms with van der Waals surface area (Å²) in [5, 5.41) is 3.39. The van der Waals surface area contributed by atoms with Crippen LogP contribution >= 0.6 is 0 Å². The SMILES string of the molecule is CCOC(=O)/C(N)=C(\Cc1ccc(OCCc2nc(-c3ccccc3)oc2C)cc1)NCC1=CC=CC(C)C1. The number of benzene rings is 2. The lowest BCUT2D eigenvalue weighted by molar-refractivity contribution is -0.138. The van der Waals surface area contributed by atoms with E-state index in [4.69, 9.17) is 19.6 Å². The zero-order chi connectivity index (χ0) is 27.6. The molecule has 1 aliphatic rings. The molecule has 0 fully saturated rings. The molecule has 39 heavy (non-hydrogen) atoms. The third-order valence-electron chi connectivity index (χ3n) is 6.53. The van der Waals surface area contributed by atoms with E-state index in [0.717, 1.165) is 34.8 Å². The number of esters is 1. The summed E-state index contributed by atoms with van der Waals surface area (Å²) >= 11 is 0. The van der Waals surface area contributed by atoms with Gasteiger partial charge < -0.3 is 24.9 Å². The Kier molecular flexibility index (Phi) is 9.62. The van der Waals surface area contributed by atoms with E-state index in [0.29, 0.717) is 43.5 Å². The lowest BCUT2D eigenvalue weighted by Gasteiger charge is -2.19. The molecule has 1 aliphatic carbocycles. The van der Waals surface area contributed by atoms with E-state index in [-0.39, 0.29) is 12.3 Å². The van der Waals surface area contributed by atoms with E-state index in [1.165, 1.54) is 5.57 Å². The van der Waals surface area contributed by atoms with Crippen LogP contribution in [-0.2, 0) is 22.4 Å². The van der Waals surface area contributed by atoms with Gasteiger partial charge >= 0.3 is 5.97 Å². The molecule has 1 unspecified atom stereocenters. The quantitative estimate of drug-likeness (QED) is 0.232. The van der Waals surface area contributed by atoms with Crippen molar-refractivity contribution in [3.05, 3.63) is 107 Å². The van der Waals surface area contributed by atoms with Crippen molar-refractivity contribution < 1.29 is 18.7 Å². The minimum atomic E-state index is -0.510. The number of rotatable bonds is 12. The van der Waals surface area contributed by atoms with Gasteiger partial charge in [-0.3, -0.25) is 0 Å². The van der Waals surface area contributed by atoms with Crippen LogP contribution in [0.25, 0.3) is 11.5 Å². The van der Waals surface area contributed by atoms with Crippen LogP contribution in [0.1, 0.15) is 37.3 Å². The standard InChI is InChI=1S/C32H37N3O4/c1-4-37-32(36)30(33)29(34-21-25-10-8-9-22(2)19-25)20-24-13-15-27(16-14-24)38-18-17-28-23(3)39-31(35-28)26-11-6-5-7-12-26/h5-16,22,34H,4,17-21,33H2,1-3H3/b30-29-. The van der Waals surface area contributed by atoms with Gasteiger partial charge in [0.2, 0.25) is 5.89 Å². The molecule has 2 aromatic carbocycles. The van der Waals surface area contributed by atoms with E-state index < -0.39 is 5.97 Å². The fraction of sp³-hybridized carbons (Fsp3) is 0.312. The van der Waals surface area contributed by atoms with Gasteiger partial charge in [0.25, 0.3) is 0 Å². The molecule has 0 saturated heterocycles. The summed E-state index contributed by atoms with van der Waals surface area (Å²) in [5.74, 6) is 2.16.